The van der Waals surface area contributed by atoms with Crippen LogP contribution in [0.1, 0.15) is 414 Å². The van der Waals surface area contributed by atoms with Crippen molar-refractivity contribution in [3.05, 3.63) is 0 Å². The van der Waals surface area contributed by atoms with Crippen LogP contribution < -0.4 is 0 Å². The van der Waals surface area contributed by atoms with Crippen molar-refractivity contribution in [1.82, 2.24) is 0 Å². The van der Waals surface area contributed by atoms with Crippen molar-refractivity contribution in [3.8, 4) is 0 Å². The van der Waals surface area contributed by atoms with Gasteiger partial charge in [0.2, 0.25) is 0 Å². The number of rotatable bonds is 78. The van der Waals surface area contributed by atoms with Gasteiger partial charge >= 0.3 is 39.5 Å². The van der Waals surface area contributed by atoms with E-state index in [2.05, 4.69) is 41.5 Å². The smallest absolute Gasteiger partial charge is 0.462 e. The van der Waals surface area contributed by atoms with Gasteiger partial charge in [-0.1, -0.05) is 363 Å². The number of hydrogen-bond acceptors (Lipinski definition) is 15. The molecule has 0 aromatic rings. The Bertz CT molecular complexity index is 1890. The molecule has 0 aromatic heterocycles. The SMILES string of the molecule is CCCCCCCCCCCCCCCCCCCCC(=O)O[C@H](COC(=O)CCCCCCCCCCCCCCCCC(C)C)COP(=O)(O)OC[C@@H](O)COP(=O)(O)OC[C@@H](COC(=O)CCCCCCCCCCC(C)C)OC(=O)CCCCCCCCCCCCCC. The molecule has 0 aliphatic heterocycles. The summed E-state index contributed by atoms with van der Waals surface area (Å²) in [6.07, 6.45) is 59.6. The summed E-state index contributed by atoms with van der Waals surface area (Å²) in [5.74, 6) is -0.584. The Hall–Kier alpha value is -1.94. The number of carbonyl (C=O) groups is 4. The number of carbonyl (C=O) groups excluding carboxylic acids is 4. The molecule has 0 fully saturated rings. The lowest BCUT2D eigenvalue weighted by molar-refractivity contribution is -0.161. The molecule has 0 saturated heterocycles. The van der Waals surface area contributed by atoms with Crippen molar-refractivity contribution >= 4 is 39.5 Å². The van der Waals surface area contributed by atoms with E-state index in [0.717, 1.165) is 102 Å². The van der Waals surface area contributed by atoms with Crippen molar-refractivity contribution < 1.29 is 80.2 Å². The molecule has 0 bridgehead atoms. The van der Waals surface area contributed by atoms with Gasteiger partial charge in [-0.15, -0.1) is 0 Å². The fraction of sp³-hybridized carbons (Fsp3) is 0.949. The van der Waals surface area contributed by atoms with Gasteiger partial charge in [-0.05, 0) is 37.5 Å². The maximum atomic E-state index is 13.1. The third-order valence-electron chi connectivity index (χ3n) is 18.5. The number of hydrogen-bond donors (Lipinski definition) is 3. The second-order valence-corrected chi connectivity index (χ2v) is 32.3. The molecule has 0 amide bonds. The zero-order chi connectivity index (χ0) is 72.1. The topological polar surface area (TPSA) is 237 Å². The van der Waals surface area contributed by atoms with Gasteiger partial charge in [0.05, 0.1) is 26.4 Å². The lowest BCUT2D eigenvalue weighted by atomic mass is 10.0. The summed E-state index contributed by atoms with van der Waals surface area (Å²) in [6, 6.07) is 0. The maximum absolute atomic E-state index is 13.1. The summed E-state index contributed by atoms with van der Waals surface area (Å²) in [5, 5.41) is 10.6. The summed E-state index contributed by atoms with van der Waals surface area (Å²) >= 11 is 0. The van der Waals surface area contributed by atoms with Crippen LogP contribution >= 0.6 is 15.6 Å². The van der Waals surface area contributed by atoms with E-state index in [0.29, 0.717) is 25.7 Å². The van der Waals surface area contributed by atoms with Crippen LogP contribution in [0.2, 0.25) is 0 Å². The summed E-state index contributed by atoms with van der Waals surface area (Å²) in [4.78, 5) is 72.9. The number of phosphoric acid groups is 2. The Morgan fingerprint density at radius 2 is 0.469 bits per heavy atom. The highest BCUT2D eigenvalue weighted by Gasteiger charge is 2.30. The molecule has 3 N–H and O–H groups in total. The predicted molar refractivity (Wildman–Crippen MR) is 400 cm³/mol. The molecule has 0 spiro atoms. The summed E-state index contributed by atoms with van der Waals surface area (Å²) in [7, 11) is -9.92. The van der Waals surface area contributed by atoms with E-state index < -0.39 is 97.5 Å². The Labute approximate surface area is 600 Å². The van der Waals surface area contributed by atoms with Crippen LogP contribution in [0.15, 0.2) is 0 Å². The van der Waals surface area contributed by atoms with Crippen LogP contribution in [0.4, 0.5) is 0 Å². The van der Waals surface area contributed by atoms with Crippen LogP contribution in [-0.2, 0) is 65.4 Å². The largest absolute Gasteiger partial charge is 0.472 e. The molecule has 2 unspecified atom stereocenters. The Morgan fingerprint density at radius 3 is 0.694 bits per heavy atom. The predicted octanol–water partition coefficient (Wildman–Crippen LogP) is 23.5. The Morgan fingerprint density at radius 1 is 0.276 bits per heavy atom. The van der Waals surface area contributed by atoms with Crippen molar-refractivity contribution in [2.24, 2.45) is 11.8 Å². The van der Waals surface area contributed by atoms with E-state index in [1.54, 1.807) is 0 Å². The molecule has 0 rings (SSSR count). The third-order valence-corrected chi connectivity index (χ3v) is 20.4. The summed E-state index contributed by atoms with van der Waals surface area (Å²) < 4.78 is 68.6. The average molecular weight is 1440 g/mol. The molecule has 582 valence electrons. The number of aliphatic hydroxyl groups is 1. The van der Waals surface area contributed by atoms with Gasteiger partial charge in [-0.25, -0.2) is 9.13 Å². The number of aliphatic hydroxyl groups excluding tert-OH is 1. The minimum atomic E-state index is -4.96. The highest BCUT2D eigenvalue weighted by atomic mass is 31.2. The fourth-order valence-corrected chi connectivity index (χ4v) is 13.8. The monoisotopic (exact) mass is 1440 g/mol. The van der Waals surface area contributed by atoms with E-state index in [-0.39, 0.29) is 25.7 Å². The van der Waals surface area contributed by atoms with Crippen LogP contribution in [0, 0.1) is 11.8 Å². The van der Waals surface area contributed by atoms with E-state index >= 15 is 0 Å². The zero-order valence-electron chi connectivity index (χ0n) is 64.1. The van der Waals surface area contributed by atoms with E-state index in [4.69, 9.17) is 37.0 Å². The van der Waals surface area contributed by atoms with Crippen LogP contribution in [-0.4, -0.2) is 96.7 Å². The fourth-order valence-electron chi connectivity index (χ4n) is 12.2. The average Bonchev–Trinajstić information content (AvgIpc) is 1.55. The van der Waals surface area contributed by atoms with E-state index in [9.17, 15) is 43.2 Å². The molecule has 0 saturated carbocycles. The zero-order valence-corrected chi connectivity index (χ0v) is 65.9. The van der Waals surface area contributed by atoms with Gasteiger partial charge in [0, 0.05) is 25.7 Å². The lowest BCUT2D eigenvalue weighted by Crippen LogP contribution is -2.30. The first-order valence-electron chi connectivity index (χ1n) is 41.0. The quantitative estimate of drug-likeness (QED) is 0.0222. The highest BCUT2D eigenvalue weighted by molar-refractivity contribution is 7.47. The van der Waals surface area contributed by atoms with Crippen molar-refractivity contribution in [2.75, 3.05) is 39.6 Å². The minimum Gasteiger partial charge on any atom is -0.462 e. The van der Waals surface area contributed by atoms with Gasteiger partial charge in [-0.2, -0.15) is 0 Å². The van der Waals surface area contributed by atoms with Crippen molar-refractivity contribution in [2.45, 2.75) is 432 Å². The number of phosphoric ester groups is 2. The Balaban J connectivity index is 5.24. The van der Waals surface area contributed by atoms with E-state index in [1.165, 1.54) is 231 Å². The first-order valence-corrected chi connectivity index (χ1v) is 44.0. The second-order valence-electron chi connectivity index (χ2n) is 29.4. The first-order chi connectivity index (χ1) is 47.4. The highest BCUT2D eigenvalue weighted by Crippen LogP contribution is 2.45. The summed E-state index contributed by atoms with van der Waals surface area (Å²) in [6.45, 7) is 9.61. The maximum Gasteiger partial charge on any atom is 0.472 e. The van der Waals surface area contributed by atoms with Crippen LogP contribution in [0.3, 0.4) is 0 Å². The van der Waals surface area contributed by atoms with E-state index in [1.807, 2.05) is 0 Å². The van der Waals surface area contributed by atoms with Gasteiger partial charge in [0.1, 0.15) is 19.3 Å². The molecule has 98 heavy (non-hydrogen) atoms. The minimum absolute atomic E-state index is 0.107. The lowest BCUT2D eigenvalue weighted by Gasteiger charge is -2.21. The van der Waals surface area contributed by atoms with Gasteiger partial charge in [-0.3, -0.25) is 37.3 Å². The molecule has 0 aliphatic carbocycles. The third kappa shape index (κ3) is 72.4. The standard InChI is InChI=1S/C79H154O17P2/c1-7-9-11-13-15-17-19-21-22-23-24-25-30-34-38-46-52-58-64-79(84)95-74(67-89-76(81)61-55-49-43-36-33-29-27-26-28-31-35-41-47-53-59-71(3)4)69-93-97(85,86)91-65-73(80)66-92-98(87,88)94-70-75(68-90-77(82)62-56-50-44-40-39-42-48-54-60-72(5)6)96-78(83)63-57-51-45-37-32-20-18-16-14-12-10-8-2/h71-75,80H,7-70H2,1-6H3,(H,85,86)(H,87,88)/t73-,74-,75-/m1/s1. The Kier molecular flexibility index (Phi) is 69.3. The van der Waals surface area contributed by atoms with Gasteiger partial charge in [0.25, 0.3) is 0 Å². The van der Waals surface area contributed by atoms with Crippen LogP contribution in [0.5, 0.6) is 0 Å². The van der Waals surface area contributed by atoms with Crippen molar-refractivity contribution in [3.63, 3.8) is 0 Å². The van der Waals surface area contributed by atoms with Crippen molar-refractivity contribution in [1.29, 1.82) is 0 Å². The molecule has 0 radical (unpaired) electrons. The van der Waals surface area contributed by atoms with Gasteiger partial charge in [0.15, 0.2) is 12.2 Å². The molecule has 0 aromatic carbocycles. The molecule has 19 heteroatoms. The normalized spacial score (nSPS) is 13.9. The number of ether oxygens (including phenoxy) is 4. The molecule has 0 aliphatic rings. The molecular formula is C79H154O17P2. The summed E-state index contributed by atoms with van der Waals surface area (Å²) in [5.41, 5.74) is 0. The van der Waals surface area contributed by atoms with Crippen LogP contribution in [0.25, 0.3) is 0 Å². The number of esters is 4. The first kappa shape index (κ1) is 96.1. The molecule has 5 atom stereocenters. The second kappa shape index (κ2) is 70.7. The number of unbranched alkanes of at least 4 members (excludes halogenated alkanes) is 48. The van der Waals surface area contributed by atoms with Gasteiger partial charge < -0.3 is 33.8 Å². The molecule has 17 nitrogen and oxygen atoms in total. The molecular weight excluding hydrogens is 1280 g/mol. The molecule has 0 heterocycles.